The number of halogens is 1. The number of nitrogens with zero attached hydrogens (tertiary/aromatic N) is 2. The van der Waals surface area contributed by atoms with Gasteiger partial charge in [-0.3, -0.25) is 14.6 Å². The number of nitrogens with one attached hydrogen (secondary N) is 3. The molecule has 43 heavy (non-hydrogen) atoms. The number of phenolic OH excluding ortho intramolecular Hbond substituents is 1. The number of fused-ring (bicyclic) bond motifs is 5. The number of aromatic hydroxyl groups is 1. The molecule has 1 aliphatic rings. The Hall–Kier alpha value is -5.35. The van der Waals surface area contributed by atoms with Gasteiger partial charge in [0.1, 0.15) is 22.7 Å². The summed E-state index contributed by atoms with van der Waals surface area (Å²) in [6.07, 6.45) is 1.34. The molecule has 3 aromatic carbocycles. The number of aromatic nitrogens is 3. The Labute approximate surface area is 249 Å². The van der Waals surface area contributed by atoms with Crippen molar-refractivity contribution in [3.63, 3.8) is 0 Å². The molecule has 0 saturated carbocycles. The molecule has 10 nitrogen and oxygen atoms in total. The van der Waals surface area contributed by atoms with Crippen LogP contribution in [-0.4, -0.2) is 57.4 Å². The van der Waals surface area contributed by atoms with Gasteiger partial charge in [-0.05, 0) is 48.0 Å². The predicted octanol–water partition coefficient (Wildman–Crippen LogP) is 5.92. The minimum atomic E-state index is -0.560. The maximum Gasteiger partial charge on any atom is 0.339 e. The molecule has 0 saturated heterocycles. The fraction of sp³-hybridized carbons (Fsp3) is 0.125. The average Bonchev–Trinajstić information content (AvgIpc) is 3.75. The van der Waals surface area contributed by atoms with Gasteiger partial charge in [0.25, 0.3) is 11.8 Å². The molecule has 0 bridgehead atoms. The molecule has 6 aromatic rings. The Bertz CT molecular complexity index is 2080. The highest BCUT2D eigenvalue weighted by atomic mass is 35.5. The Kier molecular flexibility index (Phi) is 6.28. The SMILES string of the molecule is COC(=O)c1cnc2c(O)cc3c(c2c1)[C@H](CCl)CN3C(=O)c1cc2cc(NC(=O)c3cc4ccccc4[nH]3)ccc2[nH]1. The Morgan fingerprint density at radius 1 is 1.02 bits per heavy atom. The van der Waals surface area contributed by atoms with E-state index in [4.69, 9.17) is 16.3 Å². The van der Waals surface area contributed by atoms with Crippen molar-refractivity contribution in [3.05, 3.63) is 95.4 Å². The van der Waals surface area contributed by atoms with Crippen LogP contribution in [0.15, 0.2) is 72.9 Å². The van der Waals surface area contributed by atoms with E-state index in [-0.39, 0.29) is 41.5 Å². The number of phenols is 1. The number of hydrogen-bond acceptors (Lipinski definition) is 6. The number of amides is 2. The monoisotopic (exact) mass is 593 g/mol. The lowest BCUT2D eigenvalue weighted by atomic mass is 9.97. The quantitative estimate of drug-likeness (QED) is 0.144. The Morgan fingerprint density at radius 3 is 2.58 bits per heavy atom. The first-order chi connectivity index (χ1) is 20.8. The van der Waals surface area contributed by atoms with Gasteiger partial charge in [-0.15, -0.1) is 11.6 Å². The van der Waals surface area contributed by atoms with Crippen molar-refractivity contribution in [2.75, 3.05) is 29.8 Å². The highest BCUT2D eigenvalue weighted by Gasteiger charge is 2.36. The van der Waals surface area contributed by atoms with Crippen LogP contribution in [0.4, 0.5) is 11.4 Å². The van der Waals surface area contributed by atoms with Crippen LogP contribution in [0.3, 0.4) is 0 Å². The molecule has 11 heteroatoms. The number of anilines is 2. The van der Waals surface area contributed by atoms with Crippen LogP contribution < -0.4 is 10.2 Å². The number of methoxy groups -OCH3 is 1. The number of aromatic amines is 2. The van der Waals surface area contributed by atoms with Gasteiger partial charge in [-0.1, -0.05) is 18.2 Å². The van der Waals surface area contributed by atoms with Crippen molar-refractivity contribution in [1.29, 1.82) is 0 Å². The number of esters is 1. The van der Waals surface area contributed by atoms with Crippen LogP contribution in [0.25, 0.3) is 32.7 Å². The van der Waals surface area contributed by atoms with Crippen LogP contribution in [0, 0.1) is 0 Å². The maximum absolute atomic E-state index is 13.8. The van der Waals surface area contributed by atoms with Gasteiger partial charge in [-0.25, -0.2) is 4.79 Å². The van der Waals surface area contributed by atoms with Crippen molar-refractivity contribution in [3.8, 4) is 5.75 Å². The van der Waals surface area contributed by atoms with Crippen molar-refractivity contribution in [2.24, 2.45) is 0 Å². The molecule has 1 atom stereocenters. The van der Waals surface area contributed by atoms with Crippen LogP contribution >= 0.6 is 11.6 Å². The van der Waals surface area contributed by atoms with Crippen molar-refractivity contribution in [1.82, 2.24) is 15.0 Å². The molecule has 0 radical (unpaired) electrons. The third kappa shape index (κ3) is 4.43. The van der Waals surface area contributed by atoms with Gasteiger partial charge in [-0.2, -0.15) is 0 Å². The molecular weight excluding hydrogens is 570 g/mol. The smallest absolute Gasteiger partial charge is 0.339 e. The molecule has 0 spiro atoms. The Morgan fingerprint density at radius 2 is 1.79 bits per heavy atom. The lowest BCUT2D eigenvalue weighted by molar-refractivity contribution is 0.0600. The zero-order valence-corrected chi connectivity index (χ0v) is 23.5. The van der Waals surface area contributed by atoms with Gasteiger partial charge in [0.05, 0.1) is 18.4 Å². The number of benzene rings is 3. The number of ether oxygens (including phenoxy) is 1. The first-order valence-electron chi connectivity index (χ1n) is 13.5. The number of pyridine rings is 1. The molecule has 4 heterocycles. The summed E-state index contributed by atoms with van der Waals surface area (Å²) in [5, 5.41) is 15.9. The van der Waals surface area contributed by atoms with Gasteiger partial charge >= 0.3 is 5.97 Å². The minimum absolute atomic E-state index is 0.120. The zero-order chi connectivity index (χ0) is 29.8. The molecule has 4 N–H and O–H groups in total. The number of rotatable bonds is 5. The summed E-state index contributed by atoms with van der Waals surface area (Å²) in [4.78, 5) is 51.1. The zero-order valence-electron chi connectivity index (χ0n) is 22.8. The van der Waals surface area contributed by atoms with Gasteiger partial charge in [0.15, 0.2) is 0 Å². The van der Waals surface area contributed by atoms with E-state index in [1.54, 1.807) is 41.3 Å². The molecule has 0 aliphatic carbocycles. The summed E-state index contributed by atoms with van der Waals surface area (Å²) in [5.41, 5.74) is 4.70. The number of alkyl halides is 1. The van der Waals surface area contributed by atoms with Crippen LogP contribution in [0.1, 0.15) is 42.8 Å². The summed E-state index contributed by atoms with van der Waals surface area (Å²) in [5.74, 6) is -1.32. The minimum Gasteiger partial charge on any atom is -0.506 e. The molecule has 2 amide bonds. The molecule has 214 valence electrons. The van der Waals surface area contributed by atoms with E-state index in [9.17, 15) is 19.5 Å². The summed E-state index contributed by atoms with van der Waals surface area (Å²) in [6.45, 7) is 0.278. The third-order valence-corrected chi connectivity index (χ3v) is 8.18. The van der Waals surface area contributed by atoms with Crippen LogP contribution in [0.5, 0.6) is 5.75 Å². The Balaban J connectivity index is 1.20. The molecule has 1 aliphatic heterocycles. The van der Waals surface area contributed by atoms with E-state index < -0.39 is 5.97 Å². The summed E-state index contributed by atoms with van der Waals surface area (Å²) in [7, 11) is 1.28. The largest absolute Gasteiger partial charge is 0.506 e. The van der Waals surface area contributed by atoms with E-state index in [1.807, 2.05) is 24.3 Å². The molecule has 7 rings (SSSR count). The van der Waals surface area contributed by atoms with Gasteiger partial charge < -0.3 is 30.0 Å². The number of hydrogen-bond donors (Lipinski definition) is 4. The number of carbonyl (C=O) groups is 3. The molecule has 0 fully saturated rings. The molecule has 0 unspecified atom stereocenters. The molecule has 3 aromatic heterocycles. The third-order valence-electron chi connectivity index (χ3n) is 7.81. The average molecular weight is 594 g/mol. The normalized spacial score (nSPS) is 14.4. The molecular formula is C32H24ClN5O5. The second-order valence-corrected chi connectivity index (χ2v) is 10.7. The summed E-state index contributed by atoms with van der Waals surface area (Å²) in [6, 6.07) is 19.6. The second-order valence-electron chi connectivity index (χ2n) is 10.4. The van der Waals surface area contributed by atoms with Crippen LogP contribution in [-0.2, 0) is 4.74 Å². The fourth-order valence-electron chi connectivity index (χ4n) is 5.76. The summed E-state index contributed by atoms with van der Waals surface area (Å²) >= 11 is 6.35. The van der Waals surface area contributed by atoms with Crippen molar-refractivity contribution >= 4 is 73.5 Å². The number of carbonyl (C=O) groups excluding carboxylic acids is 3. The predicted molar refractivity (Wildman–Crippen MR) is 164 cm³/mol. The van der Waals surface area contributed by atoms with Crippen LogP contribution in [0.2, 0.25) is 0 Å². The lowest BCUT2D eigenvalue weighted by Gasteiger charge is -2.17. The van der Waals surface area contributed by atoms with Crippen molar-refractivity contribution in [2.45, 2.75) is 5.92 Å². The first-order valence-corrected chi connectivity index (χ1v) is 14.0. The van der Waals surface area contributed by atoms with Gasteiger partial charge in [0.2, 0.25) is 0 Å². The van der Waals surface area contributed by atoms with E-state index in [0.717, 1.165) is 21.9 Å². The van der Waals surface area contributed by atoms with E-state index >= 15 is 0 Å². The topological polar surface area (TPSA) is 140 Å². The maximum atomic E-state index is 13.8. The highest BCUT2D eigenvalue weighted by Crippen LogP contribution is 2.45. The highest BCUT2D eigenvalue weighted by molar-refractivity contribution is 6.19. The fourth-order valence-corrected chi connectivity index (χ4v) is 6.01. The second kappa shape index (κ2) is 10.2. The van der Waals surface area contributed by atoms with Crippen molar-refractivity contribution < 1.29 is 24.2 Å². The van der Waals surface area contributed by atoms with E-state index in [1.165, 1.54) is 19.4 Å². The first kappa shape index (κ1) is 26.5. The van der Waals surface area contributed by atoms with Gasteiger partial charge in [0, 0.05) is 63.5 Å². The summed E-state index contributed by atoms with van der Waals surface area (Å²) < 4.78 is 4.84. The lowest BCUT2D eigenvalue weighted by Crippen LogP contribution is -2.30. The number of para-hydroxylation sites is 1. The van der Waals surface area contributed by atoms with E-state index in [0.29, 0.717) is 39.2 Å². The van der Waals surface area contributed by atoms with E-state index in [2.05, 4.69) is 20.3 Å². The standard InChI is InChI=1S/C32H24ClN5O5/c1-43-32(42)18-9-21-28-19(13-33)15-38(26(28)12-27(39)29(21)34-14-18)31(41)25-11-17-8-20(6-7-23(17)37-25)35-30(40)24-10-16-4-2-3-5-22(16)36-24/h2-12,14,19,36-37,39H,13,15H2,1H3,(H,35,40)/t19-/m1/s1. The number of H-pyrrole nitrogens is 2.